The molecule has 1 aliphatic heterocycles. The third-order valence-corrected chi connectivity index (χ3v) is 7.21. The van der Waals surface area contributed by atoms with Crippen LogP contribution in [0, 0.1) is 6.92 Å². The predicted octanol–water partition coefficient (Wildman–Crippen LogP) is 4.34. The van der Waals surface area contributed by atoms with E-state index < -0.39 is 17.0 Å². The molecule has 1 atom stereocenters. The molecule has 1 saturated carbocycles. The number of aryl methyl sites for hydroxylation is 1. The second kappa shape index (κ2) is 5.46. The summed E-state index contributed by atoms with van der Waals surface area (Å²) in [7, 11) is 0. The molecule has 0 radical (unpaired) electrons. The van der Waals surface area contributed by atoms with E-state index in [9.17, 15) is 9.90 Å². The summed E-state index contributed by atoms with van der Waals surface area (Å²) in [5.74, 6) is -0.905. The zero-order valence-electron chi connectivity index (χ0n) is 17.0. The fourth-order valence-electron chi connectivity index (χ4n) is 5.18. The lowest BCUT2D eigenvalue weighted by atomic mass is 9.61. The Bertz CT molecular complexity index is 875. The molecule has 1 aromatic rings. The van der Waals surface area contributed by atoms with Crippen LogP contribution in [0.25, 0.3) is 0 Å². The Morgan fingerprint density at radius 2 is 1.59 bits per heavy atom. The second-order valence-corrected chi connectivity index (χ2v) is 9.86. The summed E-state index contributed by atoms with van der Waals surface area (Å²) < 4.78 is 0. The van der Waals surface area contributed by atoms with E-state index in [0.717, 1.165) is 24.8 Å². The number of fused-ring (bicyclic) bond motifs is 1. The standard InChI is InChI=1S/C23H30N2O2/c1-15-13-17-18(21(4,5)8-7-20(17,2)3)14-16(15)22(9-10-22)23(19(26)27)24-11-6-12-25-23/h6,11-14,24H,7-10H2,1-5H3,(H,26,27). The van der Waals surface area contributed by atoms with Gasteiger partial charge in [0.15, 0.2) is 0 Å². The van der Waals surface area contributed by atoms with Crippen LogP contribution in [0.5, 0.6) is 0 Å². The fourth-order valence-corrected chi connectivity index (χ4v) is 5.18. The predicted molar refractivity (Wildman–Crippen MR) is 109 cm³/mol. The van der Waals surface area contributed by atoms with Crippen LogP contribution >= 0.6 is 0 Å². The Balaban J connectivity index is 1.92. The highest BCUT2D eigenvalue weighted by molar-refractivity contribution is 5.87. The number of hydrogen-bond acceptors (Lipinski definition) is 3. The second-order valence-electron chi connectivity index (χ2n) is 9.86. The first kappa shape index (κ1) is 18.3. The van der Waals surface area contributed by atoms with Crippen LogP contribution in [0.2, 0.25) is 0 Å². The normalized spacial score (nSPS) is 28.9. The summed E-state index contributed by atoms with van der Waals surface area (Å²) in [4.78, 5) is 16.8. The minimum absolute atomic E-state index is 0.100. The first-order valence-corrected chi connectivity index (χ1v) is 9.93. The van der Waals surface area contributed by atoms with Crippen LogP contribution in [-0.4, -0.2) is 23.0 Å². The minimum atomic E-state index is -1.31. The highest BCUT2D eigenvalue weighted by atomic mass is 16.4. The molecule has 1 fully saturated rings. The van der Waals surface area contributed by atoms with E-state index in [-0.39, 0.29) is 10.8 Å². The Labute approximate surface area is 161 Å². The summed E-state index contributed by atoms with van der Waals surface area (Å²) in [6, 6.07) is 4.64. The van der Waals surface area contributed by atoms with Gasteiger partial charge in [-0.3, -0.25) is 4.99 Å². The van der Waals surface area contributed by atoms with Gasteiger partial charge >= 0.3 is 5.97 Å². The third kappa shape index (κ3) is 2.41. The number of benzene rings is 1. The number of hydrogen-bond donors (Lipinski definition) is 2. The molecular formula is C23H30N2O2. The average molecular weight is 367 g/mol. The molecule has 4 nitrogen and oxygen atoms in total. The highest BCUT2D eigenvalue weighted by Crippen LogP contribution is 2.59. The molecular weight excluding hydrogens is 336 g/mol. The third-order valence-electron chi connectivity index (χ3n) is 7.21. The SMILES string of the molecule is Cc1cc2c(cc1C1(C3(C(=O)O)N=CC=CN3)CC1)C(C)(C)CCC2(C)C. The largest absolute Gasteiger partial charge is 0.478 e. The van der Waals surface area contributed by atoms with Crippen molar-refractivity contribution in [2.75, 3.05) is 0 Å². The number of nitrogens with one attached hydrogen (secondary N) is 1. The zero-order valence-corrected chi connectivity index (χ0v) is 17.0. The number of aliphatic imine (C=N–C) groups is 1. The van der Waals surface area contributed by atoms with E-state index in [4.69, 9.17) is 0 Å². The summed E-state index contributed by atoms with van der Waals surface area (Å²) in [5, 5.41) is 13.2. The molecule has 2 aliphatic carbocycles. The first-order valence-electron chi connectivity index (χ1n) is 9.93. The molecule has 0 saturated heterocycles. The zero-order chi connectivity index (χ0) is 19.7. The lowest BCUT2D eigenvalue weighted by molar-refractivity contribution is -0.145. The van der Waals surface area contributed by atoms with Crippen molar-refractivity contribution in [3.8, 4) is 0 Å². The van der Waals surface area contributed by atoms with Gasteiger partial charge in [-0.2, -0.15) is 0 Å². The summed E-state index contributed by atoms with van der Waals surface area (Å²) in [6.45, 7) is 11.4. The van der Waals surface area contributed by atoms with Gasteiger partial charge in [0.25, 0.3) is 0 Å². The number of allylic oxidation sites excluding steroid dienone is 1. The van der Waals surface area contributed by atoms with Gasteiger partial charge < -0.3 is 10.4 Å². The summed E-state index contributed by atoms with van der Waals surface area (Å²) in [6.07, 6.45) is 9.07. The van der Waals surface area contributed by atoms with E-state index in [2.05, 4.69) is 57.1 Å². The van der Waals surface area contributed by atoms with E-state index in [1.54, 1.807) is 18.5 Å². The molecule has 27 heavy (non-hydrogen) atoms. The van der Waals surface area contributed by atoms with Crippen LogP contribution in [0.1, 0.15) is 75.6 Å². The highest BCUT2D eigenvalue weighted by Gasteiger charge is 2.66. The summed E-state index contributed by atoms with van der Waals surface area (Å²) >= 11 is 0. The van der Waals surface area contributed by atoms with Gasteiger partial charge in [-0.25, -0.2) is 4.79 Å². The van der Waals surface area contributed by atoms with Gasteiger partial charge in [0.1, 0.15) is 0 Å². The van der Waals surface area contributed by atoms with Crippen molar-refractivity contribution >= 4 is 12.2 Å². The van der Waals surface area contributed by atoms with Crippen molar-refractivity contribution in [2.45, 2.75) is 82.2 Å². The monoisotopic (exact) mass is 366 g/mol. The van der Waals surface area contributed by atoms with E-state index in [0.29, 0.717) is 0 Å². The topological polar surface area (TPSA) is 61.7 Å². The molecule has 0 amide bonds. The van der Waals surface area contributed by atoms with Crippen molar-refractivity contribution in [3.05, 3.63) is 46.7 Å². The molecule has 1 heterocycles. The Kier molecular flexibility index (Phi) is 3.70. The van der Waals surface area contributed by atoms with E-state index >= 15 is 0 Å². The van der Waals surface area contributed by atoms with Gasteiger partial charge in [-0.1, -0.05) is 39.8 Å². The smallest absolute Gasteiger partial charge is 0.353 e. The lowest BCUT2D eigenvalue weighted by Crippen LogP contribution is -2.58. The molecule has 1 aromatic carbocycles. The van der Waals surface area contributed by atoms with Crippen molar-refractivity contribution in [1.82, 2.24) is 5.32 Å². The van der Waals surface area contributed by atoms with Crippen molar-refractivity contribution < 1.29 is 9.90 Å². The van der Waals surface area contributed by atoms with Gasteiger partial charge in [0.05, 0.1) is 5.41 Å². The van der Waals surface area contributed by atoms with E-state index in [1.807, 2.05) is 0 Å². The number of aliphatic carboxylic acids is 1. The average Bonchev–Trinajstić information content (AvgIpc) is 3.41. The van der Waals surface area contributed by atoms with Crippen molar-refractivity contribution in [2.24, 2.45) is 4.99 Å². The number of carbonyl (C=O) groups is 1. The number of carboxylic acid groups (broad SMARTS) is 1. The maximum atomic E-state index is 12.4. The Hall–Kier alpha value is -2.10. The van der Waals surface area contributed by atoms with Gasteiger partial charge in [0.2, 0.25) is 5.66 Å². The van der Waals surface area contributed by atoms with Gasteiger partial charge in [-0.05, 0) is 71.8 Å². The molecule has 144 valence electrons. The van der Waals surface area contributed by atoms with Crippen LogP contribution in [0.15, 0.2) is 29.4 Å². The van der Waals surface area contributed by atoms with Gasteiger partial charge in [0, 0.05) is 12.4 Å². The maximum absolute atomic E-state index is 12.4. The molecule has 0 aromatic heterocycles. The number of rotatable bonds is 3. The summed E-state index contributed by atoms with van der Waals surface area (Å²) in [5.41, 5.74) is 3.58. The molecule has 3 aliphatic rings. The molecule has 0 spiro atoms. The van der Waals surface area contributed by atoms with Crippen LogP contribution in [-0.2, 0) is 21.0 Å². The van der Waals surface area contributed by atoms with Gasteiger partial charge in [-0.15, -0.1) is 0 Å². The molecule has 0 bridgehead atoms. The molecule has 4 rings (SSSR count). The molecule has 4 heteroatoms. The van der Waals surface area contributed by atoms with Crippen molar-refractivity contribution in [3.63, 3.8) is 0 Å². The Morgan fingerprint density at radius 3 is 2.07 bits per heavy atom. The molecule has 1 unspecified atom stereocenters. The van der Waals surface area contributed by atoms with E-state index in [1.165, 1.54) is 23.1 Å². The number of nitrogens with zero attached hydrogens (tertiary/aromatic N) is 1. The van der Waals surface area contributed by atoms with Crippen LogP contribution < -0.4 is 5.32 Å². The van der Waals surface area contributed by atoms with Crippen LogP contribution in [0.4, 0.5) is 0 Å². The number of carboxylic acids is 1. The lowest BCUT2D eigenvalue weighted by Gasteiger charge is -2.44. The Morgan fingerprint density at radius 1 is 1.00 bits per heavy atom. The van der Waals surface area contributed by atoms with Crippen molar-refractivity contribution in [1.29, 1.82) is 0 Å². The fraction of sp³-hybridized carbons (Fsp3) is 0.565. The first-order chi connectivity index (χ1) is 12.6. The van der Waals surface area contributed by atoms with Crippen LogP contribution in [0.3, 0.4) is 0 Å². The minimum Gasteiger partial charge on any atom is -0.478 e. The molecule has 2 N–H and O–H groups in total. The quantitative estimate of drug-likeness (QED) is 0.836. The maximum Gasteiger partial charge on any atom is 0.353 e.